The van der Waals surface area contributed by atoms with Crippen LogP contribution >= 0.6 is 0 Å². The van der Waals surface area contributed by atoms with Crippen molar-refractivity contribution in [2.45, 2.75) is 25.5 Å². The van der Waals surface area contributed by atoms with Crippen molar-refractivity contribution in [3.63, 3.8) is 0 Å². The Kier molecular flexibility index (Phi) is 7.94. The Labute approximate surface area is 180 Å². The number of aromatic nitrogens is 1. The molecule has 0 spiro atoms. The third kappa shape index (κ3) is 6.78. The number of hydrogen-bond donors (Lipinski definition) is 2. The Hall–Kier alpha value is -3.46. The molecule has 1 atom stereocenters. The van der Waals surface area contributed by atoms with Crippen LogP contribution in [0.2, 0.25) is 0 Å². The molecule has 0 bridgehead atoms. The van der Waals surface area contributed by atoms with E-state index in [-0.39, 0.29) is 18.7 Å². The molecular formula is C22H26N4O5. The summed E-state index contributed by atoms with van der Waals surface area (Å²) in [6.07, 6.45) is 5.36. The summed E-state index contributed by atoms with van der Waals surface area (Å²) in [6.45, 7) is 1.40. The highest BCUT2D eigenvalue weighted by atomic mass is 16.5. The Morgan fingerprint density at radius 1 is 1.23 bits per heavy atom. The van der Waals surface area contributed by atoms with Crippen LogP contribution in [0.3, 0.4) is 0 Å². The summed E-state index contributed by atoms with van der Waals surface area (Å²) in [6, 6.07) is 9.92. The van der Waals surface area contributed by atoms with E-state index in [4.69, 9.17) is 4.74 Å². The Morgan fingerprint density at radius 3 is 2.68 bits per heavy atom. The van der Waals surface area contributed by atoms with Crippen LogP contribution in [0.15, 0.2) is 48.8 Å². The van der Waals surface area contributed by atoms with E-state index < -0.39 is 11.9 Å². The molecule has 1 fully saturated rings. The van der Waals surface area contributed by atoms with Gasteiger partial charge in [-0.05, 0) is 48.7 Å². The molecule has 164 valence electrons. The number of benzene rings is 1. The van der Waals surface area contributed by atoms with Crippen molar-refractivity contribution >= 4 is 23.6 Å². The maximum absolute atomic E-state index is 12.9. The van der Waals surface area contributed by atoms with Gasteiger partial charge in [-0.15, -0.1) is 0 Å². The molecule has 0 saturated carbocycles. The lowest BCUT2D eigenvalue weighted by molar-refractivity contribution is -0.139. The van der Waals surface area contributed by atoms with E-state index in [0.717, 1.165) is 18.4 Å². The van der Waals surface area contributed by atoms with Crippen LogP contribution in [0, 0.1) is 0 Å². The van der Waals surface area contributed by atoms with Gasteiger partial charge >= 0.3 is 12.0 Å². The van der Waals surface area contributed by atoms with Gasteiger partial charge in [0.2, 0.25) is 0 Å². The molecule has 9 heteroatoms. The number of ether oxygens (including phenoxy) is 2. The number of rotatable bonds is 8. The lowest BCUT2D eigenvalue weighted by Crippen LogP contribution is -2.39. The van der Waals surface area contributed by atoms with Gasteiger partial charge in [-0.1, -0.05) is 6.07 Å². The molecule has 1 aromatic heterocycles. The van der Waals surface area contributed by atoms with Crippen LogP contribution < -0.4 is 10.6 Å². The molecule has 0 aliphatic carbocycles. The lowest BCUT2D eigenvalue weighted by Gasteiger charge is -2.26. The van der Waals surface area contributed by atoms with E-state index in [9.17, 15) is 14.4 Å². The third-order valence-electron chi connectivity index (χ3n) is 4.85. The monoisotopic (exact) mass is 426 g/mol. The van der Waals surface area contributed by atoms with E-state index in [1.165, 1.54) is 7.11 Å². The van der Waals surface area contributed by atoms with Gasteiger partial charge < -0.3 is 25.0 Å². The van der Waals surface area contributed by atoms with Gasteiger partial charge in [0.25, 0.3) is 5.91 Å². The normalized spacial score (nSPS) is 15.2. The van der Waals surface area contributed by atoms with Gasteiger partial charge in [0.1, 0.15) is 6.54 Å². The number of methoxy groups -OCH3 is 1. The van der Waals surface area contributed by atoms with Crippen molar-refractivity contribution < 1.29 is 23.9 Å². The fourth-order valence-corrected chi connectivity index (χ4v) is 3.20. The lowest BCUT2D eigenvalue weighted by atomic mass is 10.2. The summed E-state index contributed by atoms with van der Waals surface area (Å²) in [5.74, 6) is -0.933. The standard InChI is InChI=1S/C22H26N4O5/c1-30-20(27)13-24-21(28)17-6-8-18(9-7-17)25-22(29)26(15-19-5-3-11-31-19)14-16-4-2-10-23-12-16/h2,4,6-10,12,19H,3,5,11,13-15H2,1H3,(H,24,28)(H,25,29). The minimum absolute atomic E-state index is 0.0169. The maximum Gasteiger partial charge on any atom is 0.325 e. The van der Waals surface area contributed by atoms with Gasteiger partial charge in [-0.3, -0.25) is 14.6 Å². The van der Waals surface area contributed by atoms with Crippen LogP contribution in [0.1, 0.15) is 28.8 Å². The quantitative estimate of drug-likeness (QED) is 0.626. The highest BCUT2D eigenvalue weighted by Crippen LogP contribution is 2.17. The number of carbonyl (C=O) groups is 3. The minimum Gasteiger partial charge on any atom is -0.468 e. The Bertz CT molecular complexity index is 883. The first-order chi connectivity index (χ1) is 15.0. The zero-order valence-corrected chi connectivity index (χ0v) is 17.4. The van der Waals surface area contributed by atoms with Gasteiger partial charge in [0.05, 0.1) is 13.2 Å². The molecule has 2 N–H and O–H groups in total. The van der Waals surface area contributed by atoms with E-state index in [0.29, 0.717) is 30.9 Å². The second kappa shape index (κ2) is 11.1. The topological polar surface area (TPSA) is 110 Å². The van der Waals surface area contributed by atoms with Gasteiger partial charge in [0.15, 0.2) is 0 Å². The van der Waals surface area contributed by atoms with E-state index in [2.05, 4.69) is 20.4 Å². The smallest absolute Gasteiger partial charge is 0.325 e. The zero-order valence-electron chi connectivity index (χ0n) is 17.4. The molecule has 3 amide bonds. The number of carbonyl (C=O) groups excluding carboxylic acids is 3. The Balaban J connectivity index is 1.61. The minimum atomic E-state index is -0.530. The molecule has 9 nitrogen and oxygen atoms in total. The number of nitrogens with zero attached hydrogens (tertiary/aromatic N) is 2. The van der Waals surface area contributed by atoms with E-state index >= 15 is 0 Å². The predicted octanol–water partition coefficient (Wildman–Crippen LogP) is 2.20. The molecule has 1 aliphatic rings. The first-order valence-corrected chi connectivity index (χ1v) is 10.1. The first-order valence-electron chi connectivity index (χ1n) is 10.1. The number of pyridine rings is 1. The highest BCUT2D eigenvalue weighted by molar-refractivity contribution is 5.97. The zero-order chi connectivity index (χ0) is 22.1. The summed E-state index contributed by atoms with van der Waals surface area (Å²) >= 11 is 0. The van der Waals surface area contributed by atoms with Crippen LogP contribution in [0.5, 0.6) is 0 Å². The van der Waals surface area contributed by atoms with Crippen molar-refractivity contribution in [1.29, 1.82) is 0 Å². The number of amides is 3. The van der Waals surface area contributed by atoms with Crippen LogP contribution in [0.25, 0.3) is 0 Å². The van der Waals surface area contributed by atoms with Crippen LogP contribution in [-0.4, -0.2) is 60.7 Å². The number of hydrogen-bond acceptors (Lipinski definition) is 6. The van der Waals surface area contributed by atoms with Crippen LogP contribution in [-0.2, 0) is 20.8 Å². The molecule has 3 rings (SSSR count). The van der Waals surface area contributed by atoms with Crippen molar-refractivity contribution in [3.8, 4) is 0 Å². The fraction of sp³-hybridized carbons (Fsp3) is 0.364. The highest BCUT2D eigenvalue weighted by Gasteiger charge is 2.23. The molecule has 0 radical (unpaired) electrons. The molecule has 31 heavy (non-hydrogen) atoms. The first kappa shape index (κ1) is 22.2. The van der Waals surface area contributed by atoms with E-state index in [1.807, 2.05) is 12.1 Å². The molecule has 2 aromatic rings. The summed E-state index contributed by atoms with van der Waals surface area (Å²) in [7, 11) is 1.25. The summed E-state index contributed by atoms with van der Waals surface area (Å²) < 4.78 is 10.2. The van der Waals surface area contributed by atoms with Crippen molar-refractivity contribution in [2.75, 3.05) is 32.1 Å². The average Bonchev–Trinajstić information content (AvgIpc) is 3.31. The maximum atomic E-state index is 12.9. The van der Waals surface area contributed by atoms with Gasteiger partial charge in [-0.2, -0.15) is 0 Å². The molecular weight excluding hydrogens is 400 g/mol. The van der Waals surface area contributed by atoms with Crippen molar-refractivity contribution in [2.24, 2.45) is 0 Å². The summed E-state index contributed by atoms with van der Waals surface area (Å²) in [5, 5.41) is 5.33. The second-order valence-corrected chi connectivity index (χ2v) is 7.14. The average molecular weight is 426 g/mol. The molecule has 1 aliphatic heterocycles. The largest absolute Gasteiger partial charge is 0.468 e. The molecule has 1 unspecified atom stereocenters. The number of nitrogens with one attached hydrogen (secondary N) is 2. The van der Waals surface area contributed by atoms with Crippen molar-refractivity contribution in [3.05, 3.63) is 59.9 Å². The van der Waals surface area contributed by atoms with Gasteiger partial charge in [-0.25, -0.2) is 4.79 Å². The molecule has 1 aromatic carbocycles. The van der Waals surface area contributed by atoms with Crippen LogP contribution in [0.4, 0.5) is 10.5 Å². The summed E-state index contributed by atoms with van der Waals surface area (Å²) in [5.41, 5.74) is 1.85. The van der Waals surface area contributed by atoms with Crippen molar-refractivity contribution in [1.82, 2.24) is 15.2 Å². The SMILES string of the molecule is COC(=O)CNC(=O)c1ccc(NC(=O)N(Cc2cccnc2)CC2CCCO2)cc1. The molecule has 1 saturated heterocycles. The fourth-order valence-electron chi connectivity index (χ4n) is 3.20. The number of esters is 1. The van der Waals surface area contributed by atoms with Gasteiger partial charge in [0, 0.05) is 43.3 Å². The number of anilines is 1. The predicted molar refractivity (Wildman–Crippen MR) is 113 cm³/mol. The van der Waals surface area contributed by atoms with E-state index in [1.54, 1.807) is 41.6 Å². The Morgan fingerprint density at radius 2 is 2.03 bits per heavy atom. The summed E-state index contributed by atoms with van der Waals surface area (Å²) in [4.78, 5) is 42.0. The number of urea groups is 1. The second-order valence-electron chi connectivity index (χ2n) is 7.14. The molecule has 2 heterocycles. The third-order valence-corrected chi connectivity index (χ3v) is 4.85.